The summed E-state index contributed by atoms with van der Waals surface area (Å²) in [6, 6.07) is 13.0. The van der Waals surface area contributed by atoms with E-state index >= 15 is 0 Å². The van der Waals surface area contributed by atoms with Crippen LogP contribution in [0.1, 0.15) is 25.7 Å². The van der Waals surface area contributed by atoms with Crippen LogP contribution in [0.3, 0.4) is 0 Å². The van der Waals surface area contributed by atoms with Crippen LogP contribution in [0, 0.1) is 11.2 Å². The van der Waals surface area contributed by atoms with Gasteiger partial charge in [-0.1, -0.05) is 11.6 Å². The number of hydrogen-bond donors (Lipinski definition) is 2. The number of benzene rings is 2. The molecular formula is C27H31FN4O3S. The molecule has 190 valence electrons. The Morgan fingerprint density at radius 1 is 1.11 bits per heavy atom. The van der Waals surface area contributed by atoms with Gasteiger partial charge in [0.1, 0.15) is 5.82 Å². The summed E-state index contributed by atoms with van der Waals surface area (Å²) in [5.74, 6) is -0.339. The predicted octanol–water partition coefficient (Wildman–Crippen LogP) is 3.74. The predicted molar refractivity (Wildman–Crippen MR) is 139 cm³/mol. The summed E-state index contributed by atoms with van der Waals surface area (Å²) in [4.78, 5) is 7.13. The van der Waals surface area contributed by atoms with Crippen LogP contribution >= 0.6 is 0 Å². The summed E-state index contributed by atoms with van der Waals surface area (Å²) in [6.45, 7) is 2.14. The van der Waals surface area contributed by atoms with Crippen LogP contribution in [0.5, 0.6) is 0 Å². The molecule has 0 saturated carbocycles. The van der Waals surface area contributed by atoms with Crippen LogP contribution in [0.4, 0.5) is 15.8 Å². The molecule has 1 atom stereocenters. The van der Waals surface area contributed by atoms with Gasteiger partial charge < -0.3 is 15.7 Å². The van der Waals surface area contributed by atoms with Gasteiger partial charge in [-0.2, -0.15) is 4.31 Å². The maximum Gasteiger partial charge on any atom is 0.243 e. The molecule has 3 aliphatic rings. The first kappa shape index (κ1) is 24.7. The van der Waals surface area contributed by atoms with Crippen molar-refractivity contribution in [3.8, 4) is 0 Å². The van der Waals surface area contributed by atoms with E-state index in [2.05, 4.69) is 9.89 Å². The van der Waals surface area contributed by atoms with Gasteiger partial charge >= 0.3 is 0 Å². The van der Waals surface area contributed by atoms with Crippen LogP contribution in [-0.2, 0) is 10.0 Å². The maximum absolute atomic E-state index is 13.7. The molecule has 2 aromatic carbocycles. The Bertz CT molecular complexity index is 1330. The Hall–Kier alpha value is -3.01. The van der Waals surface area contributed by atoms with Crippen LogP contribution in [0.15, 0.2) is 81.8 Å². The fourth-order valence-corrected chi connectivity index (χ4v) is 6.98. The summed E-state index contributed by atoms with van der Waals surface area (Å²) in [5.41, 5.74) is 9.01. The maximum atomic E-state index is 13.7. The molecule has 3 N–H and O–H groups in total. The SMILES string of the molecule is N/C=C1/C[C@]2(CO)CN(S(=O)(=O)c3cccc(N4CCCC4)c3)CCC2=CC1=Nc1ccc(F)cc1. The Morgan fingerprint density at radius 2 is 1.86 bits per heavy atom. The third-order valence-corrected chi connectivity index (χ3v) is 9.31. The van der Waals surface area contributed by atoms with Crippen LogP contribution in [0.2, 0.25) is 0 Å². The number of sulfonamides is 1. The number of fused-ring (bicyclic) bond motifs is 1. The number of allylic oxidation sites excluding steroid dienone is 2. The molecule has 0 radical (unpaired) electrons. The molecular weight excluding hydrogens is 479 g/mol. The van der Waals surface area contributed by atoms with E-state index in [0.29, 0.717) is 36.4 Å². The molecule has 0 unspecified atom stereocenters. The number of piperidine rings is 1. The largest absolute Gasteiger partial charge is 0.404 e. The second-order valence-electron chi connectivity index (χ2n) is 9.73. The number of halogens is 1. The number of hydrogen-bond acceptors (Lipinski definition) is 6. The fraction of sp³-hybridized carbons (Fsp3) is 0.370. The molecule has 2 saturated heterocycles. The molecule has 5 rings (SSSR count). The first-order valence-corrected chi connectivity index (χ1v) is 13.7. The summed E-state index contributed by atoms with van der Waals surface area (Å²) >= 11 is 0. The molecule has 36 heavy (non-hydrogen) atoms. The number of aliphatic imine (C=N–C) groups is 1. The smallest absolute Gasteiger partial charge is 0.243 e. The topological polar surface area (TPSA) is 99.2 Å². The number of aliphatic hydroxyl groups excluding tert-OH is 1. The molecule has 2 fully saturated rings. The molecule has 0 aromatic heterocycles. The van der Waals surface area contributed by atoms with Crippen molar-refractivity contribution >= 4 is 27.1 Å². The number of nitrogens with two attached hydrogens (primary N) is 1. The highest BCUT2D eigenvalue weighted by atomic mass is 32.2. The third kappa shape index (κ3) is 4.58. The van der Waals surface area contributed by atoms with Gasteiger partial charge in [0.15, 0.2) is 0 Å². The van der Waals surface area contributed by atoms with Crippen molar-refractivity contribution < 1.29 is 17.9 Å². The van der Waals surface area contributed by atoms with Gasteiger partial charge in [0, 0.05) is 37.3 Å². The van der Waals surface area contributed by atoms with E-state index in [9.17, 15) is 17.9 Å². The monoisotopic (exact) mass is 510 g/mol. The fourth-order valence-electron chi connectivity index (χ4n) is 5.42. The summed E-state index contributed by atoms with van der Waals surface area (Å²) < 4.78 is 42.2. The zero-order valence-corrected chi connectivity index (χ0v) is 20.9. The first-order valence-electron chi connectivity index (χ1n) is 12.3. The van der Waals surface area contributed by atoms with Crippen molar-refractivity contribution in [3.63, 3.8) is 0 Å². The van der Waals surface area contributed by atoms with E-state index in [-0.39, 0.29) is 23.9 Å². The lowest BCUT2D eigenvalue weighted by atomic mass is 9.68. The molecule has 9 heteroatoms. The van der Waals surface area contributed by atoms with Crippen molar-refractivity contribution in [3.05, 3.63) is 77.8 Å². The normalized spacial score (nSPS) is 25.3. The average Bonchev–Trinajstić information content (AvgIpc) is 3.44. The van der Waals surface area contributed by atoms with E-state index in [1.54, 1.807) is 30.3 Å². The van der Waals surface area contributed by atoms with Crippen LogP contribution in [-0.4, -0.2) is 56.3 Å². The zero-order valence-electron chi connectivity index (χ0n) is 20.1. The van der Waals surface area contributed by atoms with Crippen LogP contribution < -0.4 is 10.6 Å². The first-order chi connectivity index (χ1) is 17.3. The Balaban J connectivity index is 1.44. The van der Waals surface area contributed by atoms with E-state index in [1.165, 1.54) is 22.6 Å². The second kappa shape index (κ2) is 9.80. The number of anilines is 1. The lowest BCUT2D eigenvalue weighted by Crippen LogP contribution is -2.51. The van der Waals surface area contributed by atoms with Crippen molar-refractivity contribution in [2.45, 2.75) is 30.6 Å². The van der Waals surface area contributed by atoms with Gasteiger partial charge in [-0.05, 0) is 86.0 Å². The standard InChI is InChI=1S/C27H31FN4O3S/c28-22-6-8-23(9-7-22)30-26-14-21-10-13-32(18-27(21,19-33)16-20(26)17-29)36(34,35)25-5-3-4-24(15-25)31-11-1-2-12-31/h3-9,14-15,17,33H,1-2,10-13,16,18-19,29H2/b20-17-,30-26?/t27-/m1/s1. The van der Waals surface area contributed by atoms with Gasteiger partial charge in [-0.3, -0.25) is 0 Å². The molecule has 1 aliphatic carbocycles. The Morgan fingerprint density at radius 3 is 2.56 bits per heavy atom. The molecule has 7 nitrogen and oxygen atoms in total. The molecule has 0 spiro atoms. The van der Waals surface area contributed by atoms with E-state index in [4.69, 9.17) is 5.73 Å². The second-order valence-corrected chi connectivity index (χ2v) is 11.7. The highest BCUT2D eigenvalue weighted by Crippen LogP contribution is 2.45. The third-order valence-electron chi connectivity index (χ3n) is 7.47. The summed E-state index contributed by atoms with van der Waals surface area (Å²) in [6.07, 6.45) is 6.43. The van der Waals surface area contributed by atoms with Gasteiger partial charge in [0.2, 0.25) is 10.0 Å². The minimum atomic E-state index is -3.75. The highest BCUT2D eigenvalue weighted by molar-refractivity contribution is 7.89. The Labute approximate surface area is 211 Å². The lowest BCUT2D eigenvalue weighted by molar-refractivity contribution is 0.111. The van der Waals surface area contributed by atoms with Crippen molar-refractivity contribution in [1.82, 2.24) is 4.31 Å². The molecule has 2 aromatic rings. The highest BCUT2D eigenvalue weighted by Gasteiger charge is 2.46. The van der Waals surface area contributed by atoms with E-state index in [1.807, 2.05) is 12.1 Å². The minimum Gasteiger partial charge on any atom is -0.404 e. The summed E-state index contributed by atoms with van der Waals surface area (Å²) in [5, 5.41) is 10.5. The van der Waals surface area contributed by atoms with Crippen molar-refractivity contribution in [1.29, 1.82) is 0 Å². The van der Waals surface area contributed by atoms with E-state index in [0.717, 1.165) is 37.2 Å². The number of nitrogens with zero attached hydrogens (tertiary/aromatic N) is 3. The van der Waals surface area contributed by atoms with Crippen molar-refractivity contribution in [2.24, 2.45) is 16.1 Å². The molecule has 0 amide bonds. The van der Waals surface area contributed by atoms with Crippen molar-refractivity contribution in [2.75, 3.05) is 37.7 Å². The molecule has 2 heterocycles. The van der Waals surface area contributed by atoms with Crippen LogP contribution in [0.25, 0.3) is 0 Å². The van der Waals surface area contributed by atoms with Gasteiger partial charge in [0.25, 0.3) is 0 Å². The summed E-state index contributed by atoms with van der Waals surface area (Å²) in [7, 11) is -3.75. The van der Waals surface area contributed by atoms with Gasteiger partial charge in [-0.25, -0.2) is 17.8 Å². The minimum absolute atomic E-state index is 0.160. The number of aliphatic hydroxyl groups is 1. The average molecular weight is 511 g/mol. The van der Waals surface area contributed by atoms with Gasteiger partial charge in [0.05, 0.1) is 22.9 Å². The van der Waals surface area contributed by atoms with E-state index < -0.39 is 15.4 Å². The Kier molecular flexibility index (Phi) is 6.72. The zero-order chi connectivity index (χ0) is 25.3. The number of rotatable bonds is 5. The lowest BCUT2D eigenvalue weighted by Gasteiger charge is -2.45. The molecule has 2 aliphatic heterocycles. The van der Waals surface area contributed by atoms with Gasteiger partial charge in [-0.15, -0.1) is 0 Å². The molecule has 0 bridgehead atoms. The quantitative estimate of drug-likeness (QED) is 0.639.